The summed E-state index contributed by atoms with van der Waals surface area (Å²) in [4.78, 5) is 24.6. The van der Waals surface area contributed by atoms with Gasteiger partial charge in [-0.25, -0.2) is 0 Å². The van der Waals surface area contributed by atoms with Gasteiger partial charge in [-0.2, -0.15) is 0 Å². The molecule has 0 heterocycles. The van der Waals surface area contributed by atoms with Crippen LogP contribution in [0.25, 0.3) is 0 Å². The summed E-state index contributed by atoms with van der Waals surface area (Å²) in [6, 6.07) is -0.544. The van der Waals surface area contributed by atoms with Crippen LogP contribution >= 0.6 is 0 Å². The number of hydrogen-bond donors (Lipinski definition) is 3. The molecule has 0 aliphatic carbocycles. The fourth-order valence-electron chi connectivity index (χ4n) is 11.5. The Labute approximate surface area is 494 Å². The van der Waals surface area contributed by atoms with E-state index in [9.17, 15) is 19.8 Å². The first kappa shape index (κ1) is 77.3. The van der Waals surface area contributed by atoms with E-state index in [0.29, 0.717) is 25.9 Å². The number of aliphatic hydroxyl groups is 2. The van der Waals surface area contributed by atoms with E-state index in [4.69, 9.17) is 4.74 Å². The summed E-state index contributed by atoms with van der Waals surface area (Å²) in [6.45, 7) is 4.98. The third kappa shape index (κ3) is 65.4. The highest BCUT2D eigenvalue weighted by molar-refractivity contribution is 5.76. The number of carbonyl (C=O) groups is 2. The van der Waals surface area contributed by atoms with E-state index < -0.39 is 12.1 Å². The second-order valence-electron chi connectivity index (χ2n) is 24.9. The van der Waals surface area contributed by atoms with E-state index in [1.54, 1.807) is 0 Å². The lowest BCUT2D eigenvalue weighted by Gasteiger charge is -2.22. The highest BCUT2D eigenvalue weighted by Gasteiger charge is 2.20. The van der Waals surface area contributed by atoms with Crippen LogP contribution in [0.15, 0.2) is 24.3 Å². The molecule has 0 aromatic rings. The first-order valence-electron chi connectivity index (χ1n) is 36.1. The molecule has 0 saturated heterocycles. The van der Waals surface area contributed by atoms with Gasteiger partial charge in [-0.1, -0.05) is 340 Å². The van der Waals surface area contributed by atoms with Gasteiger partial charge in [-0.3, -0.25) is 9.59 Å². The van der Waals surface area contributed by atoms with E-state index in [1.165, 1.54) is 327 Å². The van der Waals surface area contributed by atoms with Crippen LogP contribution in [0.3, 0.4) is 0 Å². The van der Waals surface area contributed by atoms with Crippen LogP contribution in [0.5, 0.6) is 0 Å². The van der Waals surface area contributed by atoms with Crippen molar-refractivity contribution in [2.45, 2.75) is 418 Å². The predicted octanol–water partition coefficient (Wildman–Crippen LogP) is 23.3. The Morgan fingerprint density at radius 2 is 0.595 bits per heavy atom. The quantitative estimate of drug-likeness (QED) is 0.0320. The van der Waals surface area contributed by atoms with E-state index in [1.807, 2.05) is 0 Å². The summed E-state index contributed by atoms with van der Waals surface area (Å²) in [6.07, 6.45) is 86.6. The molecule has 0 radical (unpaired) electrons. The Kier molecular flexibility index (Phi) is 67.4. The summed E-state index contributed by atoms with van der Waals surface area (Å²) in [5, 5.41) is 23.4. The van der Waals surface area contributed by atoms with Gasteiger partial charge in [0, 0.05) is 12.8 Å². The molecule has 6 heteroatoms. The van der Waals surface area contributed by atoms with Crippen molar-refractivity contribution in [1.82, 2.24) is 5.32 Å². The Morgan fingerprint density at radius 1 is 0.342 bits per heavy atom. The Hall–Kier alpha value is -1.66. The molecular formula is C73H141NO5. The molecule has 468 valence electrons. The van der Waals surface area contributed by atoms with Crippen molar-refractivity contribution in [2.24, 2.45) is 0 Å². The van der Waals surface area contributed by atoms with Crippen molar-refractivity contribution in [3.8, 4) is 0 Å². The summed E-state index contributed by atoms with van der Waals surface area (Å²) < 4.78 is 5.49. The van der Waals surface area contributed by atoms with E-state index in [2.05, 4.69) is 43.5 Å². The molecule has 0 saturated carbocycles. The van der Waals surface area contributed by atoms with Crippen LogP contribution in [0, 0.1) is 0 Å². The molecule has 0 aromatic carbocycles. The van der Waals surface area contributed by atoms with Crippen molar-refractivity contribution >= 4 is 11.9 Å². The van der Waals surface area contributed by atoms with E-state index in [0.717, 1.165) is 44.9 Å². The maximum atomic E-state index is 12.5. The summed E-state index contributed by atoms with van der Waals surface area (Å²) in [7, 11) is 0. The van der Waals surface area contributed by atoms with Crippen LogP contribution in [-0.4, -0.2) is 47.4 Å². The fourth-order valence-corrected chi connectivity index (χ4v) is 11.5. The third-order valence-electron chi connectivity index (χ3n) is 17.0. The third-order valence-corrected chi connectivity index (χ3v) is 17.0. The molecule has 0 rings (SSSR count). The van der Waals surface area contributed by atoms with Gasteiger partial charge >= 0.3 is 5.97 Å². The van der Waals surface area contributed by atoms with Crippen LogP contribution in [0.2, 0.25) is 0 Å². The normalized spacial score (nSPS) is 12.6. The molecule has 0 aliphatic rings. The zero-order valence-electron chi connectivity index (χ0n) is 53.6. The molecule has 2 unspecified atom stereocenters. The molecule has 3 N–H and O–H groups in total. The minimum absolute atomic E-state index is 0.00727. The largest absolute Gasteiger partial charge is 0.466 e. The number of carbonyl (C=O) groups excluding carboxylic acids is 2. The Bertz CT molecular complexity index is 1230. The van der Waals surface area contributed by atoms with Gasteiger partial charge in [0.15, 0.2) is 0 Å². The molecule has 0 fully saturated rings. The first-order chi connectivity index (χ1) is 39.0. The molecule has 1 amide bonds. The van der Waals surface area contributed by atoms with Crippen molar-refractivity contribution in [1.29, 1.82) is 0 Å². The summed E-state index contributed by atoms with van der Waals surface area (Å²) in [5.41, 5.74) is 0. The highest BCUT2D eigenvalue weighted by atomic mass is 16.5. The van der Waals surface area contributed by atoms with Gasteiger partial charge in [0.1, 0.15) is 0 Å². The van der Waals surface area contributed by atoms with Gasteiger partial charge in [0.05, 0.1) is 25.4 Å². The zero-order valence-corrected chi connectivity index (χ0v) is 53.6. The molecule has 0 aliphatic heterocycles. The topological polar surface area (TPSA) is 95.9 Å². The van der Waals surface area contributed by atoms with E-state index >= 15 is 0 Å². The molecule has 6 nitrogen and oxygen atoms in total. The van der Waals surface area contributed by atoms with Crippen LogP contribution < -0.4 is 5.32 Å². The lowest BCUT2D eigenvalue weighted by atomic mass is 10.0. The van der Waals surface area contributed by atoms with Crippen LogP contribution in [-0.2, 0) is 14.3 Å². The number of nitrogens with one attached hydrogen (secondary N) is 1. The summed E-state index contributed by atoms with van der Waals surface area (Å²) >= 11 is 0. The standard InChI is InChI=1S/C73H141NO5/c1-3-5-7-9-11-13-15-17-19-20-21-28-31-34-38-41-45-49-53-57-61-65-71(76)70(69-75)74-72(77)66-62-58-54-50-46-42-39-35-32-29-26-24-22-23-25-27-30-33-36-40-44-48-52-56-60-64-68-79-73(78)67-63-59-55-51-47-43-37-18-16-14-12-10-8-6-4-2/h18,22,24,37,70-71,75-76H,3-17,19-21,23,25-36,38-69H2,1-2H3,(H,74,77)/b24-22-,37-18-. The summed E-state index contributed by atoms with van der Waals surface area (Å²) in [5.74, 6) is -0.0252. The monoisotopic (exact) mass is 1110 g/mol. The lowest BCUT2D eigenvalue weighted by Crippen LogP contribution is -2.45. The number of allylic oxidation sites excluding steroid dienone is 4. The number of aliphatic hydroxyl groups excluding tert-OH is 2. The number of rotatable bonds is 68. The molecule has 0 spiro atoms. The molecule has 79 heavy (non-hydrogen) atoms. The SMILES string of the molecule is CCCCCCCC/C=C\CCCCCCCC(=O)OCCCCCCCCCCCCCC/C=C\CCCCCCCCCCCCC(=O)NC(CO)C(O)CCCCCCCCCCCCCCCCCCCCCCC. The average molecular weight is 1110 g/mol. The maximum absolute atomic E-state index is 12.5. The number of esters is 1. The molecular weight excluding hydrogens is 971 g/mol. The number of unbranched alkanes of at least 4 members (excludes halogenated alkanes) is 53. The molecule has 2 atom stereocenters. The van der Waals surface area contributed by atoms with Gasteiger partial charge < -0.3 is 20.3 Å². The minimum atomic E-state index is -0.666. The maximum Gasteiger partial charge on any atom is 0.305 e. The minimum Gasteiger partial charge on any atom is -0.466 e. The van der Waals surface area contributed by atoms with Gasteiger partial charge in [0.25, 0.3) is 0 Å². The lowest BCUT2D eigenvalue weighted by molar-refractivity contribution is -0.143. The molecule has 0 bridgehead atoms. The zero-order chi connectivity index (χ0) is 57.1. The van der Waals surface area contributed by atoms with Crippen molar-refractivity contribution in [3.63, 3.8) is 0 Å². The average Bonchev–Trinajstić information content (AvgIpc) is 3.45. The predicted molar refractivity (Wildman–Crippen MR) is 347 cm³/mol. The van der Waals surface area contributed by atoms with Gasteiger partial charge in [-0.05, 0) is 77.0 Å². The Morgan fingerprint density at radius 3 is 0.899 bits per heavy atom. The first-order valence-corrected chi connectivity index (χ1v) is 36.1. The Balaban J connectivity index is 3.39. The van der Waals surface area contributed by atoms with Gasteiger partial charge in [0.2, 0.25) is 5.91 Å². The number of ether oxygens (including phenoxy) is 1. The molecule has 0 aromatic heterocycles. The number of amides is 1. The smallest absolute Gasteiger partial charge is 0.305 e. The van der Waals surface area contributed by atoms with Crippen molar-refractivity contribution in [3.05, 3.63) is 24.3 Å². The van der Waals surface area contributed by atoms with E-state index in [-0.39, 0.29) is 18.5 Å². The van der Waals surface area contributed by atoms with Crippen LogP contribution in [0.1, 0.15) is 406 Å². The second kappa shape index (κ2) is 68.8. The van der Waals surface area contributed by atoms with Crippen LogP contribution in [0.4, 0.5) is 0 Å². The van der Waals surface area contributed by atoms with Crippen molar-refractivity contribution in [2.75, 3.05) is 13.2 Å². The van der Waals surface area contributed by atoms with Crippen molar-refractivity contribution < 1.29 is 24.5 Å². The van der Waals surface area contributed by atoms with Gasteiger partial charge in [-0.15, -0.1) is 0 Å². The highest BCUT2D eigenvalue weighted by Crippen LogP contribution is 2.19. The fraction of sp³-hybridized carbons (Fsp3) is 0.918. The number of hydrogen-bond acceptors (Lipinski definition) is 5. The second-order valence-corrected chi connectivity index (χ2v) is 24.9.